The zero-order valence-corrected chi connectivity index (χ0v) is 17.4. The summed E-state index contributed by atoms with van der Waals surface area (Å²) in [6.45, 7) is 4.59. The first kappa shape index (κ1) is 18.3. The summed E-state index contributed by atoms with van der Waals surface area (Å²) in [7, 11) is 2.12. The molecule has 1 aliphatic carbocycles. The van der Waals surface area contributed by atoms with Crippen LogP contribution < -0.4 is 5.73 Å². The Labute approximate surface area is 171 Å². The molecule has 2 fully saturated rings. The third-order valence-corrected chi connectivity index (χ3v) is 7.07. The number of benzene rings is 1. The number of imidazole rings is 1. The molecule has 6 nitrogen and oxygen atoms in total. The van der Waals surface area contributed by atoms with E-state index in [1.54, 1.807) is 12.1 Å². The molecule has 1 amide bonds. The highest BCUT2D eigenvalue weighted by atomic mass is 79.9. The minimum absolute atomic E-state index is 0.255. The number of hydrogen-bond donors (Lipinski definition) is 1. The summed E-state index contributed by atoms with van der Waals surface area (Å²) >= 11 is 3.31. The largest absolute Gasteiger partial charge is 0.364 e. The molecule has 8 heteroatoms. The van der Waals surface area contributed by atoms with Crippen LogP contribution in [0.4, 0.5) is 4.39 Å². The number of halogens is 2. The molecule has 2 aromatic rings. The van der Waals surface area contributed by atoms with Crippen LogP contribution in [0, 0.1) is 5.82 Å². The summed E-state index contributed by atoms with van der Waals surface area (Å²) in [5, 5.41) is 0. The maximum atomic E-state index is 14.2. The number of nitrogens with zero attached hydrogens (tertiary/aromatic N) is 4. The third-order valence-electron chi connectivity index (χ3n) is 6.46. The maximum absolute atomic E-state index is 14.2. The molecule has 148 valence electrons. The second kappa shape index (κ2) is 6.64. The van der Waals surface area contributed by atoms with Crippen LogP contribution in [-0.4, -0.2) is 58.5 Å². The van der Waals surface area contributed by atoms with E-state index in [0.717, 1.165) is 61.7 Å². The van der Waals surface area contributed by atoms with Gasteiger partial charge >= 0.3 is 0 Å². The van der Waals surface area contributed by atoms with Gasteiger partial charge in [0.05, 0.1) is 10.2 Å². The lowest BCUT2D eigenvalue weighted by atomic mass is 9.75. The summed E-state index contributed by atoms with van der Waals surface area (Å²) in [6.07, 6.45) is 1.90. The van der Waals surface area contributed by atoms with E-state index in [1.807, 2.05) is 0 Å². The highest BCUT2D eigenvalue weighted by Gasteiger charge is 2.41. The Morgan fingerprint density at radius 2 is 2.00 bits per heavy atom. The number of carbonyl (C=O) groups excluding carboxylic acids is 1. The molecule has 2 N–H and O–H groups in total. The second-order valence-corrected chi connectivity index (χ2v) is 9.07. The van der Waals surface area contributed by atoms with Gasteiger partial charge < -0.3 is 15.2 Å². The van der Waals surface area contributed by atoms with Crippen molar-refractivity contribution in [2.24, 2.45) is 5.73 Å². The number of likely N-dealkylation sites (N-methyl/N-ethyl adjacent to an activating group) is 1. The van der Waals surface area contributed by atoms with E-state index in [9.17, 15) is 9.18 Å². The zero-order valence-electron chi connectivity index (χ0n) is 15.8. The normalized spacial score (nSPS) is 24.2. The van der Waals surface area contributed by atoms with Gasteiger partial charge in [-0.05, 0) is 59.4 Å². The Morgan fingerprint density at radius 3 is 2.68 bits per heavy atom. The standard InChI is InChI=1S/C20H23BrFN5O/c1-25-2-4-26(5-3-25)10-17-18(19(23)28)24-20-14-8-15(21)16(22)9-13(14)11-6-12(7-11)27(17)20/h8-9,11-12H,2-7,10H2,1H3,(H2,23,28). The molecule has 4 aliphatic rings. The topological polar surface area (TPSA) is 67.4 Å². The third kappa shape index (κ3) is 2.81. The van der Waals surface area contributed by atoms with Gasteiger partial charge in [-0.2, -0.15) is 0 Å². The van der Waals surface area contributed by atoms with Crippen molar-refractivity contribution in [1.29, 1.82) is 0 Å². The summed E-state index contributed by atoms with van der Waals surface area (Å²) in [6, 6.07) is 3.71. The van der Waals surface area contributed by atoms with Gasteiger partial charge in [0, 0.05) is 44.3 Å². The fourth-order valence-electron chi connectivity index (χ4n) is 4.76. The Morgan fingerprint density at radius 1 is 1.29 bits per heavy atom. The van der Waals surface area contributed by atoms with Crippen LogP contribution in [0.2, 0.25) is 0 Å². The van der Waals surface area contributed by atoms with Crippen LogP contribution >= 0.6 is 15.9 Å². The summed E-state index contributed by atoms with van der Waals surface area (Å²) in [5.41, 5.74) is 8.87. The number of nitrogens with two attached hydrogens (primary N) is 1. The first-order valence-corrected chi connectivity index (χ1v) is 10.5. The van der Waals surface area contributed by atoms with Crippen LogP contribution in [0.25, 0.3) is 11.4 Å². The number of amides is 1. The average Bonchev–Trinajstić information content (AvgIpc) is 2.86. The fourth-order valence-corrected chi connectivity index (χ4v) is 5.11. The maximum Gasteiger partial charge on any atom is 0.269 e. The molecule has 0 unspecified atom stereocenters. The van der Waals surface area contributed by atoms with Crippen LogP contribution in [0.3, 0.4) is 0 Å². The molecule has 6 rings (SSSR count). The Hall–Kier alpha value is -1.77. The molecule has 0 radical (unpaired) electrons. The van der Waals surface area contributed by atoms with Crippen molar-refractivity contribution in [3.8, 4) is 11.4 Å². The number of rotatable bonds is 3. The van der Waals surface area contributed by atoms with Gasteiger partial charge in [-0.25, -0.2) is 9.37 Å². The van der Waals surface area contributed by atoms with Gasteiger partial charge in [0.2, 0.25) is 0 Å². The molecule has 1 aromatic carbocycles. The lowest BCUT2D eigenvalue weighted by Gasteiger charge is -2.37. The number of aromatic nitrogens is 2. The van der Waals surface area contributed by atoms with Gasteiger partial charge in [0.25, 0.3) is 5.91 Å². The minimum Gasteiger partial charge on any atom is -0.364 e. The average molecular weight is 448 g/mol. The fraction of sp³-hybridized carbons (Fsp3) is 0.500. The predicted molar refractivity (Wildman–Crippen MR) is 108 cm³/mol. The number of carbonyl (C=O) groups is 1. The number of primary amides is 1. The molecular formula is C20H23BrFN5O. The Kier molecular flexibility index (Phi) is 4.33. The molecule has 1 saturated carbocycles. The first-order chi connectivity index (χ1) is 13.4. The summed E-state index contributed by atoms with van der Waals surface area (Å²) < 4.78 is 16.8. The summed E-state index contributed by atoms with van der Waals surface area (Å²) in [4.78, 5) is 21.6. The molecule has 1 aromatic heterocycles. The monoisotopic (exact) mass is 447 g/mol. The molecule has 28 heavy (non-hydrogen) atoms. The highest BCUT2D eigenvalue weighted by Crippen LogP contribution is 2.53. The predicted octanol–water partition coefficient (Wildman–Crippen LogP) is 2.73. The van der Waals surface area contributed by atoms with Crippen molar-refractivity contribution < 1.29 is 9.18 Å². The molecule has 2 bridgehead atoms. The highest BCUT2D eigenvalue weighted by molar-refractivity contribution is 9.10. The molecule has 4 heterocycles. The van der Waals surface area contributed by atoms with Gasteiger partial charge in [-0.15, -0.1) is 0 Å². The van der Waals surface area contributed by atoms with E-state index < -0.39 is 5.91 Å². The van der Waals surface area contributed by atoms with E-state index in [2.05, 4.69) is 42.3 Å². The van der Waals surface area contributed by atoms with E-state index >= 15 is 0 Å². The smallest absolute Gasteiger partial charge is 0.269 e. The van der Waals surface area contributed by atoms with Gasteiger partial charge in [0.1, 0.15) is 11.6 Å². The van der Waals surface area contributed by atoms with Gasteiger partial charge in [-0.1, -0.05) is 0 Å². The van der Waals surface area contributed by atoms with E-state index in [4.69, 9.17) is 5.73 Å². The quantitative estimate of drug-likeness (QED) is 0.785. The van der Waals surface area contributed by atoms with Crippen molar-refractivity contribution >= 4 is 21.8 Å². The molecular weight excluding hydrogens is 425 g/mol. The SMILES string of the molecule is CN1CCN(Cc2c(C(N)=O)nc3n2C2CC(C2)c2cc(F)c(Br)cc2-3)CC1. The van der Waals surface area contributed by atoms with Crippen LogP contribution in [0.5, 0.6) is 0 Å². The first-order valence-electron chi connectivity index (χ1n) is 9.73. The summed E-state index contributed by atoms with van der Waals surface area (Å²) in [5.74, 6) is 0.342. The van der Waals surface area contributed by atoms with Crippen molar-refractivity contribution in [1.82, 2.24) is 19.4 Å². The van der Waals surface area contributed by atoms with Crippen molar-refractivity contribution in [3.63, 3.8) is 0 Å². The Balaban J connectivity index is 1.63. The van der Waals surface area contributed by atoms with Crippen molar-refractivity contribution in [2.75, 3.05) is 33.2 Å². The van der Waals surface area contributed by atoms with Crippen LogP contribution in [0.15, 0.2) is 16.6 Å². The zero-order chi connectivity index (χ0) is 19.6. The van der Waals surface area contributed by atoms with E-state index in [0.29, 0.717) is 22.6 Å². The second-order valence-electron chi connectivity index (χ2n) is 8.22. The molecule has 1 saturated heterocycles. The van der Waals surface area contributed by atoms with Crippen LogP contribution in [0.1, 0.15) is 46.5 Å². The van der Waals surface area contributed by atoms with Crippen molar-refractivity contribution in [3.05, 3.63) is 39.4 Å². The van der Waals surface area contributed by atoms with Crippen molar-refractivity contribution in [2.45, 2.75) is 31.3 Å². The van der Waals surface area contributed by atoms with Crippen LogP contribution in [-0.2, 0) is 6.54 Å². The Bertz CT molecular complexity index is 960. The molecule has 0 spiro atoms. The lowest BCUT2D eigenvalue weighted by molar-refractivity contribution is 0.0990. The van der Waals surface area contributed by atoms with E-state index in [-0.39, 0.29) is 11.9 Å². The lowest BCUT2D eigenvalue weighted by Crippen LogP contribution is -2.44. The van der Waals surface area contributed by atoms with Gasteiger partial charge in [0.15, 0.2) is 5.69 Å². The number of hydrogen-bond acceptors (Lipinski definition) is 4. The molecule has 3 aliphatic heterocycles. The molecule has 0 atom stereocenters. The van der Waals surface area contributed by atoms with E-state index in [1.165, 1.54) is 0 Å². The van der Waals surface area contributed by atoms with Gasteiger partial charge in [-0.3, -0.25) is 9.69 Å². The number of piperazine rings is 1. The minimum atomic E-state index is -0.497.